The summed E-state index contributed by atoms with van der Waals surface area (Å²) < 4.78 is 5.00. The number of thioether (sulfide) groups is 1. The number of carbonyl (C=O) groups is 3. The highest BCUT2D eigenvalue weighted by atomic mass is 32.2. The van der Waals surface area contributed by atoms with Gasteiger partial charge in [0.05, 0.1) is 6.61 Å². The van der Waals surface area contributed by atoms with Gasteiger partial charge in [0.2, 0.25) is 5.91 Å². The smallest absolute Gasteiger partial charge is 0.322 e. The molecule has 134 valence electrons. The van der Waals surface area contributed by atoms with Crippen LogP contribution in [-0.2, 0) is 19.1 Å². The zero-order valence-electron chi connectivity index (χ0n) is 14.6. The van der Waals surface area contributed by atoms with E-state index in [1.807, 2.05) is 27.7 Å². The van der Waals surface area contributed by atoms with Crippen LogP contribution in [0.1, 0.15) is 53.4 Å². The van der Waals surface area contributed by atoms with E-state index in [0.717, 1.165) is 12.8 Å². The maximum absolute atomic E-state index is 11.7. The Labute approximate surface area is 143 Å². The Kier molecular flexibility index (Phi) is 10.9. The Balaban J connectivity index is 3.78. The fourth-order valence-corrected chi connectivity index (χ4v) is 2.29. The number of unbranched alkanes of at least 4 members (excludes halogenated alkanes) is 1. The molecule has 0 aromatic rings. The SMILES string of the molecule is CCCCOC(=O)[C@@H](N)CCC(=O)NCCSC(=O)C(C)(C)C. The summed E-state index contributed by atoms with van der Waals surface area (Å²) in [6.07, 6.45) is 2.18. The van der Waals surface area contributed by atoms with Crippen molar-refractivity contribution in [2.45, 2.75) is 59.4 Å². The first-order valence-electron chi connectivity index (χ1n) is 8.04. The third-order valence-corrected chi connectivity index (χ3v) is 4.28. The van der Waals surface area contributed by atoms with Crippen molar-refractivity contribution in [2.75, 3.05) is 18.9 Å². The van der Waals surface area contributed by atoms with Crippen LogP contribution in [0.3, 0.4) is 0 Å². The van der Waals surface area contributed by atoms with Gasteiger partial charge < -0.3 is 15.8 Å². The summed E-state index contributed by atoms with van der Waals surface area (Å²) in [6.45, 7) is 8.38. The first-order chi connectivity index (χ1) is 10.7. The average Bonchev–Trinajstić information content (AvgIpc) is 2.47. The van der Waals surface area contributed by atoms with Gasteiger partial charge >= 0.3 is 5.97 Å². The van der Waals surface area contributed by atoms with Crippen molar-refractivity contribution in [3.8, 4) is 0 Å². The van der Waals surface area contributed by atoms with Crippen LogP contribution in [0.15, 0.2) is 0 Å². The summed E-state index contributed by atoms with van der Waals surface area (Å²) in [5.74, 6) is -0.101. The first-order valence-corrected chi connectivity index (χ1v) is 9.03. The van der Waals surface area contributed by atoms with Gasteiger partial charge in [-0.15, -0.1) is 0 Å². The Hall–Kier alpha value is -1.08. The van der Waals surface area contributed by atoms with Crippen LogP contribution in [0.4, 0.5) is 0 Å². The molecule has 0 aromatic carbocycles. The Morgan fingerprint density at radius 2 is 1.91 bits per heavy atom. The minimum Gasteiger partial charge on any atom is -0.465 e. The van der Waals surface area contributed by atoms with Crippen molar-refractivity contribution >= 4 is 28.8 Å². The lowest BCUT2D eigenvalue weighted by Gasteiger charge is -2.15. The molecule has 0 fully saturated rings. The van der Waals surface area contributed by atoms with Crippen LogP contribution in [0.25, 0.3) is 0 Å². The van der Waals surface area contributed by atoms with Crippen LogP contribution < -0.4 is 11.1 Å². The summed E-state index contributed by atoms with van der Waals surface area (Å²) >= 11 is 1.21. The quantitative estimate of drug-likeness (QED) is 0.463. The monoisotopic (exact) mass is 346 g/mol. The highest BCUT2D eigenvalue weighted by Crippen LogP contribution is 2.22. The van der Waals surface area contributed by atoms with Crippen LogP contribution in [0.2, 0.25) is 0 Å². The standard InChI is InChI=1S/C16H30N2O4S/c1-5-6-10-22-14(20)12(17)7-8-13(19)18-9-11-23-15(21)16(2,3)4/h12H,5-11,17H2,1-4H3,(H,18,19)/t12-/m0/s1. The lowest BCUT2D eigenvalue weighted by molar-refractivity contribution is -0.145. The molecule has 6 nitrogen and oxygen atoms in total. The number of ether oxygens (including phenoxy) is 1. The third kappa shape index (κ3) is 11.1. The number of amides is 1. The number of rotatable bonds is 10. The van der Waals surface area contributed by atoms with Crippen molar-refractivity contribution in [3.63, 3.8) is 0 Å². The van der Waals surface area contributed by atoms with Crippen molar-refractivity contribution in [3.05, 3.63) is 0 Å². The lowest BCUT2D eigenvalue weighted by atomic mass is 10.00. The lowest BCUT2D eigenvalue weighted by Crippen LogP contribution is -2.35. The average molecular weight is 346 g/mol. The fourth-order valence-electron chi connectivity index (χ4n) is 1.47. The van der Waals surface area contributed by atoms with E-state index in [2.05, 4.69) is 5.32 Å². The van der Waals surface area contributed by atoms with Crippen molar-refractivity contribution in [1.29, 1.82) is 0 Å². The second-order valence-electron chi connectivity index (χ2n) is 6.40. The van der Waals surface area contributed by atoms with E-state index < -0.39 is 12.0 Å². The van der Waals surface area contributed by atoms with E-state index in [0.29, 0.717) is 18.9 Å². The van der Waals surface area contributed by atoms with Gasteiger partial charge in [-0.1, -0.05) is 45.9 Å². The van der Waals surface area contributed by atoms with E-state index in [9.17, 15) is 14.4 Å². The zero-order valence-corrected chi connectivity index (χ0v) is 15.5. The van der Waals surface area contributed by atoms with Gasteiger partial charge in [-0.3, -0.25) is 14.4 Å². The van der Waals surface area contributed by atoms with E-state index in [4.69, 9.17) is 10.5 Å². The third-order valence-electron chi connectivity index (χ3n) is 3.00. The van der Waals surface area contributed by atoms with Gasteiger partial charge in [-0.25, -0.2) is 0 Å². The van der Waals surface area contributed by atoms with E-state index >= 15 is 0 Å². The van der Waals surface area contributed by atoms with Crippen molar-refractivity contribution in [2.24, 2.45) is 11.1 Å². The molecule has 0 rings (SSSR count). The molecule has 0 radical (unpaired) electrons. The molecule has 0 aliphatic heterocycles. The number of esters is 1. The summed E-state index contributed by atoms with van der Waals surface area (Å²) in [6, 6.07) is -0.769. The van der Waals surface area contributed by atoms with E-state index in [-0.39, 0.29) is 29.3 Å². The highest BCUT2D eigenvalue weighted by Gasteiger charge is 2.21. The highest BCUT2D eigenvalue weighted by molar-refractivity contribution is 8.13. The molecule has 1 amide bonds. The molecule has 0 aliphatic rings. The number of hydrogen-bond acceptors (Lipinski definition) is 6. The number of hydrogen-bond donors (Lipinski definition) is 2. The molecule has 0 aliphatic carbocycles. The molecule has 0 unspecified atom stereocenters. The molecule has 0 heterocycles. The maximum atomic E-state index is 11.7. The second kappa shape index (κ2) is 11.5. The normalized spacial score (nSPS) is 12.6. The molecule has 0 saturated carbocycles. The van der Waals surface area contributed by atoms with Gasteiger partial charge in [0.1, 0.15) is 6.04 Å². The number of nitrogens with two attached hydrogens (primary N) is 1. The molecule has 0 spiro atoms. The predicted molar refractivity (Wildman–Crippen MR) is 93.0 cm³/mol. The van der Waals surface area contributed by atoms with Gasteiger partial charge in [0, 0.05) is 24.1 Å². The van der Waals surface area contributed by atoms with Gasteiger partial charge in [-0.2, -0.15) is 0 Å². The van der Waals surface area contributed by atoms with Crippen LogP contribution in [0, 0.1) is 5.41 Å². The summed E-state index contributed by atoms with van der Waals surface area (Å²) in [7, 11) is 0. The molecular formula is C16H30N2O4S. The first kappa shape index (κ1) is 21.9. The summed E-state index contributed by atoms with van der Waals surface area (Å²) in [5, 5.41) is 2.82. The Morgan fingerprint density at radius 1 is 1.26 bits per heavy atom. The molecule has 0 saturated heterocycles. The number of carbonyl (C=O) groups excluding carboxylic acids is 3. The van der Waals surface area contributed by atoms with E-state index in [1.54, 1.807) is 0 Å². The molecule has 0 bridgehead atoms. The molecule has 7 heteroatoms. The molecular weight excluding hydrogens is 316 g/mol. The van der Waals surface area contributed by atoms with Crippen LogP contribution in [-0.4, -0.2) is 41.9 Å². The van der Waals surface area contributed by atoms with Gasteiger partial charge in [0.15, 0.2) is 5.12 Å². The Morgan fingerprint density at radius 3 is 2.48 bits per heavy atom. The van der Waals surface area contributed by atoms with Crippen LogP contribution >= 0.6 is 11.8 Å². The molecule has 3 N–H and O–H groups in total. The topological polar surface area (TPSA) is 98.5 Å². The maximum Gasteiger partial charge on any atom is 0.322 e. The second-order valence-corrected chi connectivity index (χ2v) is 7.47. The Bertz CT molecular complexity index is 394. The van der Waals surface area contributed by atoms with Gasteiger partial charge in [0.25, 0.3) is 0 Å². The summed E-state index contributed by atoms with van der Waals surface area (Å²) in [5.41, 5.74) is 5.31. The van der Waals surface area contributed by atoms with Crippen molar-refractivity contribution < 1.29 is 19.1 Å². The molecule has 23 heavy (non-hydrogen) atoms. The van der Waals surface area contributed by atoms with E-state index in [1.165, 1.54) is 11.8 Å². The minimum atomic E-state index is -0.769. The van der Waals surface area contributed by atoms with Gasteiger partial charge in [-0.05, 0) is 12.8 Å². The number of nitrogens with one attached hydrogen (secondary N) is 1. The largest absolute Gasteiger partial charge is 0.465 e. The van der Waals surface area contributed by atoms with Crippen LogP contribution in [0.5, 0.6) is 0 Å². The zero-order chi connectivity index (χ0) is 17.9. The summed E-state index contributed by atoms with van der Waals surface area (Å²) in [4.78, 5) is 34.9. The van der Waals surface area contributed by atoms with Crippen molar-refractivity contribution in [1.82, 2.24) is 5.32 Å². The predicted octanol–water partition coefficient (Wildman–Crippen LogP) is 1.86. The minimum absolute atomic E-state index is 0.101. The molecule has 1 atom stereocenters. The molecule has 0 aromatic heterocycles. The fraction of sp³-hybridized carbons (Fsp3) is 0.812.